The van der Waals surface area contributed by atoms with Gasteiger partial charge in [-0.3, -0.25) is 5.32 Å². The van der Waals surface area contributed by atoms with Gasteiger partial charge in [0.2, 0.25) is 9.84 Å². The van der Waals surface area contributed by atoms with Crippen molar-refractivity contribution in [1.82, 2.24) is 10.6 Å². The number of rotatable bonds is 9. The molecule has 3 N–H and O–H groups in total. The summed E-state index contributed by atoms with van der Waals surface area (Å²) in [6.45, 7) is 7.30. The van der Waals surface area contributed by atoms with E-state index in [0.29, 0.717) is 26.0 Å². The maximum absolute atomic E-state index is 13.8. The lowest BCUT2D eigenvalue weighted by Gasteiger charge is -2.18. The van der Waals surface area contributed by atoms with E-state index < -0.39 is 27.6 Å². The molecule has 1 aromatic heterocycles. The predicted octanol–water partition coefficient (Wildman–Crippen LogP) is 6.50. The molecule has 216 valence electrons. The van der Waals surface area contributed by atoms with Gasteiger partial charge in [-0.2, -0.15) is 5.26 Å². The van der Waals surface area contributed by atoms with Crippen LogP contribution in [-0.4, -0.2) is 45.3 Å². The summed E-state index contributed by atoms with van der Waals surface area (Å²) < 4.78 is 33.3. The summed E-state index contributed by atoms with van der Waals surface area (Å²) in [5.41, 5.74) is 1.96. The van der Waals surface area contributed by atoms with E-state index >= 15 is 0 Å². The molecule has 0 bridgehead atoms. The van der Waals surface area contributed by atoms with E-state index in [0.717, 1.165) is 5.56 Å². The Balaban J connectivity index is 1.91. The lowest BCUT2D eigenvalue weighted by atomic mass is 9.98. The highest BCUT2D eigenvalue weighted by Crippen LogP contribution is 2.41. The number of benzene rings is 2. The number of hydrogen-bond acceptors (Lipinski definition) is 9. The Labute approximate surface area is 248 Å². The van der Waals surface area contributed by atoms with Gasteiger partial charge in [0, 0.05) is 12.1 Å². The fraction of sp³-hybridized carbons (Fsp3) is 0.286. The lowest BCUT2D eigenvalue weighted by molar-refractivity contribution is 0.0565. The van der Waals surface area contributed by atoms with Crippen molar-refractivity contribution >= 4 is 62.1 Å². The zero-order chi connectivity index (χ0) is 30.2. The number of alkyl carbamates (subject to hydrolysis) is 1. The molecule has 10 nitrogen and oxygen atoms in total. The van der Waals surface area contributed by atoms with Crippen molar-refractivity contribution in [2.75, 3.05) is 18.1 Å². The van der Waals surface area contributed by atoms with Crippen molar-refractivity contribution in [1.29, 1.82) is 5.26 Å². The van der Waals surface area contributed by atoms with Crippen LogP contribution in [0.2, 0.25) is 0 Å². The van der Waals surface area contributed by atoms with Crippen LogP contribution in [0.3, 0.4) is 0 Å². The average molecular weight is 614 g/mol. The van der Waals surface area contributed by atoms with Crippen molar-refractivity contribution in [3.05, 3.63) is 54.1 Å². The number of thioether (sulfide) groups is 1. The molecule has 0 saturated carbocycles. The number of nitrogens with zero attached hydrogens (tertiary/aromatic N) is 2. The van der Waals surface area contributed by atoms with Gasteiger partial charge in [0.05, 0.1) is 38.5 Å². The highest BCUT2D eigenvalue weighted by Gasteiger charge is 2.25. The van der Waals surface area contributed by atoms with Crippen LogP contribution in [0.4, 0.5) is 20.3 Å². The zero-order valence-corrected chi connectivity index (χ0v) is 25.7. The first kappa shape index (κ1) is 31.7. The monoisotopic (exact) mass is 613 g/mol. The number of hydrogen-bond donors (Lipinski definition) is 3. The minimum atomic E-state index is -3.95. The summed E-state index contributed by atoms with van der Waals surface area (Å²) in [5, 5.41) is 16.9. The van der Waals surface area contributed by atoms with E-state index in [-0.39, 0.29) is 22.8 Å². The molecular formula is C28H31N5O5S3. The van der Waals surface area contributed by atoms with E-state index in [1.807, 2.05) is 19.1 Å². The quantitative estimate of drug-likeness (QED) is 0.108. The zero-order valence-electron chi connectivity index (χ0n) is 23.3. The Hall–Kier alpha value is -3.86. The summed E-state index contributed by atoms with van der Waals surface area (Å²) in [5.74, 6) is 0. The van der Waals surface area contributed by atoms with Gasteiger partial charge in [-0.15, -0.1) is 23.1 Å². The largest absolute Gasteiger partial charge is 0.444 e. The van der Waals surface area contributed by atoms with Gasteiger partial charge < -0.3 is 15.4 Å². The number of amides is 3. The number of sulfone groups is 1. The Morgan fingerprint density at radius 2 is 1.90 bits per heavy atom. The number of ether oxygens (including phenoxy) is 1. The minimum Gasteiger partial charge on any atom is -0.444 e. The number of aliphatic imine (C=N–C) groups is 1. The van der Waals surface area contributed by atoms with Gasteiger partial charge >= 0.3 is 12.1 Å². The molecule has 1 heterocycles. The summed E-state index contributed by atoms with van der Waals surface area (Å²) in [4.78, 5) is 28.6. The fourth-order valence-electron chi connectivity index (χ4n) is 3.69. The fourth-order valence-corrected chi connectivity index (χ4v) is 7.56. The van der Waals surface area contributed by atoms with E-state index in [2.05, 4.69) is 20.9 Å². The summed E-state index contributed by atoms with van der Waals surface area (Å²) in [6.07, 6.45) is 2.46. The van der Waals surface area contributed by atoms with Crippen molar-refractivity contribution in [2.24, 2.45) is 4.99 Å². The van der Waals surface area contributed by atoms with Crippen molar-refractivity contribution in [3.8, 4) is 17.2 Å². The molecule has 0 aliphatic carbocycles. The minimum absolute atomic E-state index is 0.0817. The summed E-state index contributed by atoms with van der Waals surface area (Å²) >= 11 is 2.47. The van der Waals surface area contributed by atoms with Crippen molar-refractivity contribution < 1.29 is 22.7 Å². The van der Waals surface area contributed by atoms with Crippen LogP contribution in [0.1, 0.15) is 32.8 Å². The number of carbonyl (C=O) groups is 2. The van der Waals surface area contributed by atoms with Gasteiger partial charge in [0.1, 0.15) is 10.6 Å². The SMILES string of the molecule is CSc1sc(N=CNC(=O)OC(C)(C)C)cc1S(=O)(=O)c1cccc(-c2c(C)cccc2NC(=O)NCCC#N)c1. The molecule has 0 aliphatic rings. The van der Waals surface area contributed by atoms with Crippen molar-refractivity contribution in [2.45, 2.75) is 53.7 Å². The Morgan fingerprint density at radius 3 is 2.59 bits per heavy atom. The third kappa shape index (κ3) is 8.56. The lowest BCUT2D eigenvalue weighted by Crippen LogP contribution is -2.31. The second-order valence-electron chi connectivity index (χ2n) is 9.66. The molecule has 3 amide bonds. The van der Waals surface area contributed by atoms with E-state index in [4.69, 9.17) is 10.00 Å². The molecule has 0 atom stereocenters. The summed E-state index contributed by atoms with van der Waals surface area (Å²) in [7, 11) is -3.95. The maximum Gasteiger partial charge on any atom is 0.412 e. The molecule has 2 aromatic carbocycles. The number of aryl methyl sites for hydroxylation is 1. The molecule has 3 aromatic rings. The van der Waals surface area contributed by atoms with Crippen LogP contribution >= 0.6 is 23.1 Å². The highest BCUT2D eigenvalue weighted by molar-refractivity contribution is 8.01. The van der Waals surface area contributed by atoms with E-state index in [1.54, 1.807) is 57.4 Å². The third-order valence-electron chi connectivity index (χ3n) is 5.38. The van der Waals surface area contributed by atoms with Crippen LogP contribution in [0, 0.1) is 18.3 Å². The molecule has 3 rings (SSSR count). The summed E-state index contributed by atoms with van der Waals surface area (Å²) in [6, 6.07) is 14.9. The second kappa shape index (κ2) is 13.7. The van der Waals surface area contributed by atoms with Gasteiger partial charge in [-0.05, 0) is 69.3 Å². The molecular weight excluding hydrogens is 583 g/mol. The molecule has 0 saturated heterocycles. The van der Waals surface area contributed by atoms with Crippen LogP contribution in [-0.2, 0) is 14.6 Å². The maximum atomic E-state index is 13.8. The Kier molecular flexibility index (Phi) is 10.6. The third-order valence-corrected chi connectivity index (χ3v) is 9.59. The smallest absolute Gasteiger partial charge is 0.412 e. The number of nitriles is 1. The van der Waals surface area contributed by atoms with Crippen LogP contribution < -0.4 is 16.0 Å². The molecule has 0 unspecified atom stereocenters. The Bertz CT molecular complexity index is 1600. The molecule has 0 radical (unpaired) electrons. The predicted molar refractivity (Wildman–Crippen MR) is 163 cm³/mol. The molecule has 0 fully saturated rings. The number of carbonyl (C=O) groups excluding carboxylic acids is 2. The highest BCUT2D eigenvalue weighted by atomic mass is 32.2. The number of thiophene rings is 1. The standard InChI is InChI=1S/C28H31N5O5S3/c1-18-9-6-12-21(33-26(34)30-14-8-13-29)24(18)19-10-7-11-20(15-19)41(36,37)22-16-23(40-25(22)39-5)31-17-32-27(35)38-28(2,3)4/h6-7,9-12,15-17H,8,14H2,1-5H3,(H2,30,33,34)(H,31,32,35). The van der Waals surface area contributed by atoms with Crippen LogP contribution in [0.25, 0.3) is 11.1 Å². The van der Waals surface area contributed by atoms with Crippen LogP contribution in [0.15, 0.2) is 67.5 Å². The molecule has 0 spiro atoms. The van der Waals surface area contributed by atoms with E-state index in [9.17, 15) is 18.0 Å². The number of anilines is 1. The number of nitrogens with one attached hydrogen (secondary N) is 3. The average Bonchev–Trinajstić information content (AvgIpc) is 3.32. The first-order valence-electron chi connectivity index (χ1n) is 12.4. The first-order valence-corrected chi connectivity index (χ1v) is 15.9. The second-order valence-corrected chi connectivity index (χ2v) is 13.7. The number of urea groups is 1. The van der Waals surface area contributed by atoms with Gasteiger partial charge in [0.25, 0.3) is 0 Å². The van der Waals surface area contributed by atoms with Gasteiger partial charge in [0.15, 0.2) is 0 Å². The van der Waals surface area contributed by atoms with Crippen molar-refractivity contribution in [3.63, 3.8) is 0 Å². The van der Waals surface area contributed by atoms with Crippen LogP contribution in [0.5, 0.6) is 0 Å². The molecule has 41 heavy (non-hydrogen) atoms. The normalized spacial score (nSPS) is 11.6. The topological polar surface area (TPSA) is 150 Å². The first-order chi connectivity index (χ1) is 19.4. The molecule has 13 heteroatoms. The van der Waals surface area contributed by atoms with Gasteiger partial charge in [-0.25, -0.2) is 23.0 Å². The molecule has 0 aliphatic heterocycles. The van der Waals surface area contributed by atoms with E-state index in [1.165, 1.54) is 41.6 Å². The Morgan fingerprint density at radius 1 is 1.17 bits per heavy atom. The van der Waals surface area contributed by atoms with Gasteiger partial charge in [-0.1, -0.05) is 24.3 Å².